The lowest BCUT2D eigenvalue weighted by molar-refractivity contribution is 0.0601. The van der Waals surface area contributed by atoms with Gasteiger partial charge in [-0.25, -0.2) is 4.79 Å². The van der Waals surface area contributed by atoms with Crippen LogP contribution >= 0.6 is 12.2 Å². The average Bonchev–Trinajstić information content (AvgIpc) is 2.72. The zero-order valence-corrected chi connectivity index (χ0v) is 16.4. The van der Waals surface area contributed by atoms with Gasteiger partial charge >= 0.3 is 5.97 Å². The number of para-hydroxylation sites is 1. The number of anilines is 1. The molecule has 0 atom stereocenters. The third-order valence-corrected chi connectivity index (χ3v) is 5.53. The quantitative estimate of drug-likeness (QED) is 0.542. The van der Waals surface area contributed by atoms with Crippen LogP contribution in [0, 0.1) is 4.77 Å². The Hall–Kier alpha value is -2.93. The number of nitrogens with zero attached hydrogens (tertiary/aromatic N) is 2. The number of carbonyl (C=O) groups is 1. The molecule has 0 saturated heterocycles. The lowest BCUT2D eigenvalue weighted by Crippen LogP contribution is -2.35. The summed E-state index contributed by atoms with van der Waals surface area (Å²) in [6.07, 6.45) is 2.19. The second-order valence-electron chi connectivity index (χ2n) is 6.86. The summed E-state index contributed by atoms with van der Waals surface area (Å²) in [5.41, 5.74) is 3.35. The molecular formula is C21H21N3O3S. The number of ether oxygens (including phenoxy) is 1. The van der Waals surface area contributed by atoms with E-state index < -0.39 is 5.97 Å². The third kappa shape index (κ3) is 3.33. The fraction of sp³-hybridized carbons (Fsp3) is 0.286. The molecule has 0 radical (unpaired) electrons. The number of esters is 1. The van der Waals surface area contributed by atoms with Crippen LogP contribution in [0.4, 0.5) is 5.69 Å². The number of benzene rings is 2. The zero-order valence-electron chi connectivity index (χ0n) is 15.6. The SMILES string of the molecule is COC(=O)c1ccc2c(=O)n(CCN3CCCc4ccccc43)c(=S)[nH]c2c1. The second-order valence-corrected chi connectivity index (χ2v) is 7.24. The van der Waals surface area contributed by atoms with Crippen molar-refractivity contribution in [3.05, 3.63) is 68.7 Å². The summed E-state index contributed by atoms with van der Waals surface area (Å²) < 4.78 is 6.68. The molecule has 2 aromatic carbocycles. The molecule has 0 bridgehead atoms. The van der Waals surface area contributed by atoms with E-state index in [0.717, 1.165) is 19.4 Å². The van der Waals surface area contributed by atoms with Gasteiger partial charge in [-0.3, -0.25) is 9.36 Å². The van der Waals surface area contributed by atoms with Crippen LogP contribution in [0.15, 0.2) is 47.3 Å². The second kappa shape index (κ2) is 7.59. The Kier molecular flexibility index (Phi) is 5.00. The zero-order chi connectivity index (χ0) is 19.7. The first-order valence-electron chi connectivity index (χ1n) is 9.26. The van der Waals surface area contributed by atoms with E-state index in [4.69, 9.17) is 17.0 Å². The van der Waals surface area contributed by atoms with E-state index in [0.29, 0.717) is 34.3 Å². The van der Waals surface area contributed by atoms with Crippen LogP contribution in [0.2, 0.25) is 0 Å². The van der Waals surface area contributed by atoms with E-state index in [-0.39, 0.29) is 5.56 Å². The maximum Gasteiger partial charge on any atom is 0.337 e. The van der Waals surface area contributed by atoms with Crippen LogP contribution in [0.3, 0.4) is 0 Å². The Morgan fingerprint density at radius 3 is 2.86 bits per heavy atom. The highest BCUT2D eigenvalue weighted by Gasteiger charge is 2.17. The molecule has 0 fully saturated rings. The van der Waals surface area contributed by atoms with Crippen molar-refractivity contribution in [2.24, 2.45) is 0 Å². The number of nitrogens with one attached hydrogen (secondary N) is 1. The first kappa shape index (κ1) is 18.4. The molecule has 28 heavy (non-hydrogen) atoms. The maximum atomic E-state index is 13.0. The molecule has 1 N–H and O–H groups in total. The summed E-state index contributed by atoms with van der Waals surface area (Å²) in [4.78, 5) is 30.1. The molecule has 4 rings (SSSR count). The molecule has 0 unspecified atom stereocenters. The number of aromatic amines is 1. The van der Waals surface area contributed by atoms with Crippen molar-refractivity contribution >= 4 is 34.8 Å². The summed E-state index contributed by atoms with van der Waals surface area (Å²) in [6.45, 7) is 2.18. The fourth-order valence-corrected chi connectivity index (χ4v) is 4.05. The number of rotatable bonds is 4. The van der Waals surface area contributed by atoms with Crippen molar-refractivity contribution in [3.8, 4) is 0 Å². The Balaban J connectivity index is 1.64. The summed E-state index contributed by atoms with van der Waals surface area (Å²) in [5.74, 6) is -0.450. The predicted molar refractivity (Wildman–Crippen MR) is 112 cm³/mol. The Bertz CT molecular complexity index is 1170. The van der Waals surface area contributed by atoms with Gasteiger partial charge in [0.25, 0.3) is 5.56 Å². The molecule has 7 heteroatoms. The Morgan fingerprint density at radius 1 is 1.21 bits per heavy atom. The van der Waals surface area contributed by atoms with Crippen LogP contribution in [0.25, 0.3) is 10.9 Å². The van der Waals surface area contributed by atoms with E-state index >= 15 is 0 Å². The van der Waals surface area contributed by atoms with E-state index in [1.54, 1.807) is 22.8 Å². The smallest absolute Gasteiger partial charge is 0.337 e. The monoisotopic (exact) mass is 395 g/mol. The molecule has 144 valence electrons. The fourth-order valence-electron chi connectivity index (χ4n) is 3.77. The van der Waals surface area contributed by atoms with Crippen LogP contribution in [0.1, 0.15) is 22.3 Å². The van der Waals surface area contributed by atoms with Crippen LogP contribution in [-0.4, -0.2) is 35.7 Å². The number of aromatic nitrogens is 2. The molecule has 0 spiro atoms. The molecule has 0 saturated carbocycles. The van der Waals surface area contributed by atoms with Gasteiger partial charge in [0.05, 0.1) is 23.6 Å². The molecule has 1 aliphatic rings. The molecule has 1 aromatic heterocycles. The summed E-state index contributed by atoms with van der Waals surface area (Å²) in [7, 11) is 1.32. The minimum Gasteiger partial charge on any atom is -0.465 e. The lowest BCUT2D eigenvalue weighted by atomic mass is 10.0. The molecule has 1 aliphatic heterocycles. The number of fused-ring (bicyclic) bond motifs is 2. The minimum atomic E-state index is -0.450. The van der Waals surface area contributed by atoms with E-state index in [9.17, 15) is 9.59 Å². The van der Waals surface area contributed by atoms with Gasteiger partial charge in [-0.2, -0.15) is 0 Å². The highest BCUT2D eigenvalue weighted by molar-refractivity contribution is 7.71. The van der Waals surface area contributed by atoms with Crippen molar-refractivity contribution in [2.45, 2.75) is 19.4 Å². The number of hydrogen-bond acceptors (Lipinski definition) is 5. The molecule has 0 amide bonds. The largest absolute Gasteiger partial charge is 0.465 e. The van der Waals surface area contributed by atoms with Crippen LogP contribution in [-0.2, 0) is 17.7 Å². The minimum absolute atomic E-state index is 0.152. The van der Waals surface area contributed by atoms with Crippen LogP contribution in [0.5, 0.6) is 0 Å². The van der Waals surface area contributed by atoms with Crippen molar-refractivity contribution in [2.75, 3.05) is 25.1 Å². The van der Waals surface area contributed by atoms with E-state index in [2.05, 4.69) is 28.1 Å². The Labute approximate surface area is 167 Å². The standard InChI is InChI=1S/C21H21N3O3S/c1-27-20(26)15-8-9-16-17(13-15)22-21(28)24(19(16)25)12-11-23-10-4-6-14-5-2-3-7-18(14)23/h2-3,5,7-9,13H,4,6,10-12H2,1H3,(H,22,28). The van der Waals surface area contributed by atoms with Gasteiger partial charge in [-0.05, 0) is 54.9 Å². The van der Waals surface area contributed by atoms with Gasteiger partial charge in [0.2, 0.25) is 0 Å². The van der Waals surface area contributed by atoms with Gasteiger partial charge in [-0.1, -0.05) is 18.2 Å². The lowest BCUT2D eigenvalue weighted by Gasteiger charge is -2.31. The summed E-state index contributed by atoms with van der Waals surface area (Å²) in [6, 6.07) is 13.2. The van der Waals surface area contributed by atoms with Crippen molar-refractivity contribution in [1.82, 2.24) is 9.55 Å². The predicted octanol–water partition coefficient (Wildman–Crippen LogP) is 3.30. The molecule has 6 nitrogen and oxygen atoms in total. The highest BCUT2D eigenvalue weighted by atomic mass is 32.1. The third-order valence-electron chi connectivity index (χ3n) is 5.20. The van der Waals surface area contributed by atoms with Crippen molar-refractivity contribution in [1.29, 1.82) is 0 Å². The van der Waals surface area contributed by atoms with E-state index in [1.165, 1.54) is 18.4 Å². The Morgan fingerprint density at radius 2 is 2.04 bits per heavy atom. The number of H-pyrrole nitrogens is 1. The van der Waals surface area contributed by atoms with Gasteiger partial charge in [0.15, 0.2) is 4.77 Å². The molecule has 2 heterocycles. The molecular weight excluding hydrogens is 374 g/mol. The van der Waals surface area contributed by atoms with Gasteiger partial charge in [0.1, 0.15) is 0 Å². The van der Waals surface area contributed by atoms with E-state index in [1.807, 2.05) is 6.07 Å². The normalized spacial score (nSPS) is 13.4. The van der Waals surface area contributed by atoms with Gasteiger partial charge in [0, 0.05) is 25.3 Å². The average molecular weight is 395 g/mol. The first-order valence-corrected chi connectivity index (χ1v) is 9.67. The number of aryl methyl sites for hydroxylation is 1. The first-order chi connectivity index (χ1) is 13.6. The maximum absolute atomic E-state index is 13.0. The summed E-state index contributed by atoms with van der Waals surface area (Å²) >= 11 is 5.42. The molecule has 3 aromatic rings. The van der Waals surface area contributed by atoms with Gasteiger partial charge in [-0.15, -0.1) is 0 Å². The van der Waals surface area contributed by atoms with Crippen LogP contribution < -0.4 is 10.5 Å². The van der Waals surface area contributed by atoms with Gasteiger partial charge < -0.3 is 14.6 Å². The number of hydrogen-bond donors (Lipinski definition) is 1. The number of methoxy groups -OCH3 is 1. The summed E-state index contributed by atoms with van der Waals surface area (Å²) in [5, 5.41) is 0.500. The van der Waals surface area contributed by atoms with Crippen molar-refractivity contribution < 1.29 is 9.53 Å². The topological polar surface area (TPSA) is 67.3 Å². The van der Waals surface area contributed by atoms with Crippen molar-refractivity contribution in [3.63, 3.8) is 0 Å². The highest BCUT2D eigenvalue weighted by Crippen LogP contribution is 2.26. The number of carbonyl (C=O) groups excluding carboxylic acids is 1. The molecule has 0 aliphatic carbocycles.